The Kier molecular flexibility index (Phi) is 5.20. The number of ether oxygens (including phenoxy) is 1. The van der Waals surface area contributed by atoms with E-state index in [1.165, 1.54) is 7.11 Å². The summed E-state index contributed by atoms with van der Waals surface area (Å²) in [4.78, 5) is 11.5. The molecule has 0 radical (unpaired) electrons. The number of aryl methyl sites for hydroxylation is 1. The number of aliphatic hydroxyl groups is 1. The number of hydrogen-bond donors (Lipinski definition) is 2. The third-order valence-electron chi connectivity index (χ3n) is 3.86. The molecule has 0 saturated heterocycles. The maximum Gasteiger partial charge on any atom is 0.341 e. The first kappa shape index (κ1) is 15.1. The van der Waals surface area contributed by atoms with Crippen LogP contribution >= 0.6 is 0 Å². The molecule has 5 heteroatoms. The van der Waals surface area contributed by atoms with Gasteiger partial charge in [-0.1, -0.05) is 6.42 Å². The predicted molar refractivity (Wildman–Crippen MR) is 74.5 cm³/mol. The maximum absolute atomic E-state index is 11.5. The van der Waals surface area contributed by atoms with Crippen LogP contribution in [0.1, 0.15) is 47.6 Å². The zero-order valence-electron chi connectivity index (χ0n) is 12.1. The van der Waals surface area contributed by atoms with Gasteiger partial charge in [0.25, 0.3) is 0 Å². The fraction of sp³-hybridized carbons (Fsp3) is 0.667. The summed E-state index contributed by atoms with van der Waals surface area (Å²) in [5.74, 6) is 1.48. The van der Waals surface area contributed by atoms with Crippen LogP contribution in [-0.4, -0.2) is 30.8 Å². The Balaban J connectivity index is 1.81. The van der Waals surface area contributed by atoms with E-state index in [9.17, 15) is 9.90 Å². The number of hydrogen-bond acceptors (Lipinski definition) is 5. The molecule has 0 spiro atoms. The Morgan fingerprint density at radius 3 is 3.05 bits per heavy atom. The van der Waals surface area contributed by atoms with E-state index in [1.807, 2.05) is 0 Å². The van der Waals surface area contributed by atoms with Crippen LogP contribution in [0.25, 0.3) is 0 Å². The molecule has 112 valence electrons. The van der Waals surface area contributed by atoms with Gasteiger partial charge in [-0.3, -0.25) is 0 Å². The lowest BCUT2D eigenvalue weighted by atomic mass is 9.87. The van der Waals surface area contributed by atoms with Crippen molar-refractivity contribution in [2.45, 2.75) is 45.3 Å². The molecule has 0 aromatic carbocycles. The molecule has 1 saturated carbocycles. The summed E-state index contributed by atoms with van der Waals surface area (Å²) in [7, 11) is 1.36. The minimum Gasteiger partial charge on any atom is -0.465 e. The van der Waals surface area contributed by atoms with Gasteiger partial charge in [-0.15, -0.1) is 0 Å². The molecule has 1 fully saturated rings. The third-order valence-corrected chi connectivity index (χ3v) is 3.86. The molecular weight excluding hydrogens is 258 g/mol. The quantitative estimate of drug-likeness (QED) is 0.808. The second-order valence-corrected chi connectivity index (χ2v) is 5.49. The molecule has 1 aliphatic carbocycles. The highest BCUT2D eigenvalue weighted by atomic mass is 16.5. The number of rotatable bonds is 5. The van der Waals surface area contributed by atoms with Gasteiger partial charge in [-0.25, -0.2) is 4.79 Å². The summed E-state index contributed by atoms with van der Waals surface area (Å²) in [6, 6.07) is 1.73. The zero-order chi connectivity index (χ0) is 14.5. The van der Waals surface area contributed by atoms with Crippen molar-refractivity contribution in [2.24, 2.45) is 5.92 Å². The number of esters is 1. The summed E-state index contributed by atoms with van der Waals surface area (Å²) in [5.41, 5.74) is 0.484. The van der Waals surface area contributed by atoms with Crippen molar-refractivity contribution in [1.82, 2.24) is 5.32 Å². The van der Waals surface area contributed by atoms with Crippen molar-refractivity contribution >= 4 is 5.97 Å². The van der Waals surface area contributed by atoms with E-state index in [0.717, 1.165) is 38.0 Å². The van der Waals surface area contributed by atoms with E-state index in [4.69, 9.17) is 9.15 Å². The van der Waals surface area contributed by atoms with Crippen LogP contribution in [0.5, 0.6) is 0 Å². The molecule has 2 unspecified atom stereocenters. The number of carbonyl (C=O) groups excluding carboxylic acids is 1. The Bertz CT molecular complexity index is 455. The van der Waals surface area contributed by atoms with E-state index < -0.39 is 0 Å². The fourth-order valence-corrected chi connectivity index (χ4v) is 2.79. The second-order valence-electron chi connectivity index (χ2n) is 5.49. The van der Waals surface area contributed by atoms with Crippen molar-refractivity contribution in [3.63, 3.8) is 0 Å². The minimum absolute atomic E-state index is 0.146. The number of furan rings is 1. The van der Waals surface area contributed by atoms with E-state index >= 15 is 0 Å². The largest absolute Gasteiger partial charge is 0.465 e. The predicted octanol–water partition coefficient (Wildman–Crippen LogP) is 2.02. The SMILES string of the molecule is COC(=O)c1cc(CNCC2CCCC(O)C2)oc1C. The summed E-state index contributed by atoms with van der Waals surface area (Å²) in [5, 5.41) is 13.0. The average molecular weight is 281 g/mol. The smallest absolute Gasteiger partial charge is 0.341 e. The normalized spacial score (nSPS) is 22.8. The Hall–Kier alpha value is -1.33. The van der Waals surface area contributed by atoms with E-state index in [-0.39, 0.29) is 12.1 Å². The van der Waals surface area contributed by atoms with Gasteiger partial charge in [-0.2, -0.15) is 0 Å². The summed E-state index contributed by atoms with van der Waals surface area (Å²) >= 11 is 0. The molecule has 0 amide bonds. The van der Waals surface area contributed by atoms with Crippen LogP contribution in [0.15, 0.2) is 10.5 Å². The average Bonchev–Trinajstić information content (AvgIpc) is 2.79. The summed E-state index contributed by atoms with van der Waals surface area (Å²) in [6.45, 7) is 3.21. The summed E-state index contributed by atoms with van der Waals surface area (Å²) in [6.07, 6.45) is 3.91. The van der Waals surface area contributed by atoms with Crippen LogP contribution in [0, 0.1) is 12.8 Å². The molecule has 2 N–H and O–H groups in total. The Morgan fingerprint density at radius 2 is 2.35 bits per heavy atom. The standard InChI is InChI=1S/C15H23NO4/c1-10-14(15(18)19-2)7-13(20-10)9-16-8-11-4-3-5-12(17)6-11/h7,11-12,16-17H,3-6,8-9H2,1-2H3. The molecule has 5 nitrogen and oxygen atoms in total. The van der Waals surface area contributed by atoms with E-state index in [2.05, 4.69) is 5.32 Å². The Morgan fingerprint density at radius 1 is 1.55 bits per heavy atom. The van der Waals surface area contributed by atoms with Crippen molar-refractivity contribution < 1.29 is 19.1 Å². The molecule has 1 aliphatic rings. The van der Waals surface area contributed by atoms with E-state index in [1.54, 1.807) is 13.0 Å². The molecule has 0 aliphatic heterocycles. The number of aliphatic hydroxyl groups excluding tert-OH is 1. The van der Waals surface area contributed by atoms with Crippen molar-refractivity contribution in [3.8, 4) is 0 Å². The lowest BCUT2D eigenvalue weighted by Gasteiger charge is -2.25. The van der Waals surface area contributed by atoms with Crippen LogP contribution in [-0.2, 0) is 11.3 Å². The molecular formula is C15H23NO4. The van der Waals surface area contributed by atoms with Gasteiger partial charge in [0, 0.05) is 0 Å². The molecule has 2 rings (SSSR count). The van der Waals surface area contributed by atoms with Gasteiger partial charge in [0.15, 0.2) is 0 Å². The van der Waals surface area contributed by atoms with Gasteiger partial charge in [0.05, 0.1) is 19.8 Å². The first-order valence-corrected chi connectivity index (χ1v) is 7.16. The van der Waals surface area contributed by atoms with Crippen LogP contribution in [0.3, 0.4) is 0 Å². The van der Waals surface area contributed by atoms with Gasteiger partial charge in [0.1, 0.15) is 17.1 Å². The molecule has 1 aromatic heterocycles. The van der Waals surface area contributed by atoms with Gasteiger partial charge in [0.2, 0.25) is 0 Å². The van der Waals surface area contributed by atoms with Crippen molar-refractivity contribution in [1.29, 1.82) is 0 Å². The fourth-order valence-electron chi connectivity index (χ4n) is 2.79. The van der Waals surface area contributed by atoms with Crippen LogP contribution in [0.4, 0.5) is 0 Å². The van der Waals surface area contributed by atoms with Gasteiger partial charge in [-0.05, 0) is 44.7 Å². The number of carbonyl (C=O) groups is 1. The summed E-state index contributed by atoms with van der Waals surface area (Å²) < 4.78 is 10.2. The van der Waals surface area contributed by atoms with Crippen LogP contribution in [0.2, 0.25) is 0 Å². The highest BCUT2D eigenvalue weighted by Gasteiger charge is 2.20. The topological polar surface area (TPSA) is 71.7 Å². The Labute approximate surface area is 119 Å². The second kappa shape index (κ2) is 6.90. The van der Waals surface area contributed by atoms with Gasteiger partial charge >= 0.3 is 5.97 Å². The van der Waals surface area contributed by atoms with Crippen molar-refractivity contribution in [2.75, 3.05) is 13.7 Å². The molecule has 1 aromatic rings. The monoisotopic (exact) mass is 281 g/mol. The highest BCUT2D eigenvalue weighted by Crippen LogP contribution is 2.23. The van der Waals surface area contributed by atoms with Crippen molar-refractivity contribution in [3.05, 3.63) is 23.2 Å². The third kappa shape index (κ3) is 3.84. The molecule has 20 heavy (non-hydrogen) atoms. The van der Waals surface area contributed by atoms with Gasteiger partial charge < -0.3 is 19.6 Å². The number of nitrogens with one attached hydrogen (secondary N) is 1. The lowest BCUT2D eigenvalue weighted by Crippen LogP contribution is -2.28. The molecule has 2 atom stereocenters. The number of methoxy groups -OCH3 is 1. The zero-order valence-corrected chi connectivity index (χ0v) is 12.1. The van der Waals surface area contributed by atoms with E-state index in [0.29, 0.717) is 23.8 Å². The first-order chi connectivity index (χ1) is 9.60. The minimum atomic E-state index is -0.368. The molecule has 1 heterocycles. The van der Waals surface area contributed by atoms with Crippen LogP contribution < -0.4 is 5.32 Å². The maximum atomic E-state index is 11.5. The highest BCUT2D eigenvalue weighted by molar-refractivity contribution is 5.90. The molecule has 0 bridgehead atoms. The lowest BCUT2D eigenvalue weighted by molar-refractivity contribution is 0.0598. The first-order valence-electron chi connectivity index (χ1n) is 7.16.